The Kier molecular flexibility index (Phi) is 6.58. The number of pyridine rings is 1. The van der Waals surface area contributed by atoms with Gasteiger partial charge in [-0.15, -0.1) is 0 Å². The lowest BCUT2D eigenvalue weighted by Gasteiger charge is -2.29. The molecule has 1 aromatic carbocycles. The normalized spacial score (nSPS) is 13.5. The number of aromatic nitrogens is 1. The van der Waals surface area contributed by atoms with Crippen molar-refractivity contribution in [3.63, 3.8) is 0 Å². The summed E-state index contributed by atoms with van der Waals surface area (Å²) in [5, 5.41) is 13.9. The van der Waals surface area contributed by atoms with Crippen LogP contribution in [-0.2, 0) is 22.6 Å². The fourth-order valence-electron chi connectivity index (χ4n) is 3.20. The van der Waals surface area contributed by atoms with Gasteiger partial charge < -0.3 is 15.5 Å². The molecule has 0 spiro atoms. The molecule has 0 saturated carbocycles. The van der Waals surface area contributed by atoms with E-state index in [1.165, 1.54) is 6.42 Å². The Balaban J connectivity index is 1.56. The van der Waals surface area contributed by atoms with Gasteiger partial charge in [0.05, 0.1) is 12.5 Å². The van der Waals surface area contributed by atoms with E-state index in [0.29, 0.717) is 12.1 Å². The number of carbonyl (C=O) groups is 2. The third-order valence-electron chi connectivity index (χ3n) is 4.66. The number of amides is 2. The molecule has 2 amide bonds. The van der Waals surface area contributed by atoms with Gasteiger partial charge in [0.25, 0.3) is 0 Å². The van der Waals surface area contributed by atoms with Crippen LogP contribution in [0.1, 0.15) is 30.4 Å². The maximum Gasteiger partial charge on any atom is 0.313 e. The number of nitriles is 1. The summed E-state index contributed by atoms with van der Waals surface area (Å²) >= 11 is 0. The van der Waals surface area contributed by atoms with Crippen LogP contribution in [0.25, 0.3) is 0 Å². The highest BCUT2D eigenvalue weighted by Gasteiger charge is 2.18. The average molecular weight is 377 g/mol. The average Bonchev–Trinajstić information content (AvgIpc) is 2.74. The highest BCUT2D eigenvalue weighted by Crippen LogP contribution is 2.21. The molecule has 0 radical (unpaired) electrons. The molecule has 2 heterocycles. The van der Waals surface area contributed by atoms with E-state index in [1.807, 2.05) is 12.1 Å². The smallest absolute Gasteiger partial charge is 0.313 e. The fraction of sp³-hybridized carbons (Fsp3) is 0.333. The molecule has 1 aliphatic rings. The van der Waals surface area contributed by atoms with E-state index < -0.39 is 11.8 Å². The molecule has 0 bridgehead atoms. The predicted octanol–water partition coefficient (Wildman–Crippen LogP) is 2.39. The largest absolute Gasteiger partial charge is 0.356 e. The number of benzene rings is 1. The standard InChI is InChI=1S/C21H23N5O2/c22-11-10-16-6-8-18(9-7-16)25-21(28)20(27)24-15-17-5-4-12-23-19(17)26-13-2-1-3-14-26/h4-9,12H,1-3,10,13-15H2,(H,24,27)(H,25,28). The number of hydrogen-bond acceptors (Lipinski definition) is 5. The predicted molar refractivity (Wildman–Crippen MR) is 107 cm³/mol. The van der Waals surface area contributed by atoms with E-state index >= 15 is 0 Å². The Labute approximate surface area is 164 Å². The van der Waals surface area contributed by atoms with Gasteiger partial charge in [0.1, 0.15) is 5.82 Å². The van der Waals surface area contributed by atoms with Crippen LogP contribution in [0.4, 0.5) is 11.5 Å². The van der Waals surface area contributed by atoms with E-state index in [9.17, 15) is 9.59 Å². The van der Waals surface area contributed by atoms with Crippen molar-refractivity contribution >= 4 is 23.3 Å². The van der Waals surface area contributed by atoms with Gasteiger partial charge in [-0.1, -0.05) is 18.2 Å². The quantitative estimate of drug-likeness (QED) is 0.780. The molecule has 2 aromatic rings. The van der Waals surface area contributed by atoms with Gasteiger partial charge in [0.15, 0.2) is 0 Å². The summed E-state index contributed by atoms with van der Waals surface area (Å²) < 4.78 is 0. The van der Waals surface area contributed by atoms with Crippen molar-refractivity contribution < 1.29 is 9.59 Å². The minimum atomic E-state index is -0.726. The zero-order valence-corrected chi connectivity index (χ0v) is 15.6. The van der Waals surface area contributed by atoms with E-state index in [4.69, 9.17) is 5.26 Å². The number of rotatable bonds is 5. The fourth-order valence-corrected chi connectivity index (χ4v) is 3.20. The molecule has 7 nitrogen and oxygen atoms in total. The zero-order valence-electron chi connectivity index (χ0n) is 15.6. The Morgan fingerprint density at radius 1 is 1.07 bits per heavy atom. The summed E-state index contributed by atoms with van der Waals surface area (Å²) in [6.45, 7) is 2.16. The van der Waals surface area contributed by atoms with Gasteiger partial charge in [-0.05, 0) is 43.0 Å². The topological polar surface area (TPSA) is 98.1 Å². The molecule has 1 fully saturated rings. The van der Waals surface area contributed by atoms with Crippen LogP contribution >= 0.6 is 0 Å². The molecule has 1 aromatic heterocycles. The maximum atomic E-state index is 12.2. The lowest BCUT2D eigenvalue weighted by atomic mass is 10.1. The van der Waals surface area contributed by atoms with Gasteiger partial charge in [-0.25, -0.2) is 4.98 Å². The monoisotopic (exact) mass is 377 g/mol. The Bertz CT molecular complexity index is 867. The van der Waals surface area contributed by atoms with E-state index in [0.717, 1.165) is 42.9 Å². The number of piperidine rings is 1. The van der Waals surface area contributed by atoms with Crippen LogP contribution in [0.3, 0.4) is 0 Å². The molecule has 144 valence electrons. The zero-order chi connectivity index (χ0) is 19.8. The van der Waals surface area contributed by atoms with Crippen molar-refractivity contribution in [1.29, 1.82) is 5.26 Å². The van der Waals surface area contributed by atoms with Crippen molar-refractivity contribution in [2.45, 2.75) is 32.2 Å². The van der Waals surface area contributed by atoms with E-state index in [1.54, 1.807) is 30.5 Å². The van der Waals surface area contributed by atoms with Crippen LogP contribution in [0.2, 0.25) is 0 Å². The SMILES string of the molecule is N#CCc1ccc(NC(=O)C(=O)NCc2cccnc2N2CCCCC2)cc1. The van der Waals surface area contributed by atoms with E-state index in [2.05, 4.69) is 26.6 Å². The second kappa shape index (κ2) is 9.51. The number of nitrogens with one attached hydrogen (secondary N) is 2. The maximum absolute atomic E-state index is 12.2. The molecule has 1 saturated heterocycles. The summed E-state index contributed by atoms with van der Waals surface area (Å²) in [5.74, 6) is -0.554. The van der Waals surface area contributed by atoms with Crippen LogP contribution in [-0.4, -0.2) is 29.9 Å². The molecule has 0 unspecified atom stereocenters. The minimum absolute atomic E-state index is 0.243. The highest BCUT2D eigenvalue weighted by molar-refractivity contribution is 6.39. The van der Waals surface area contributed by atoms with Crippen molar-refractivity contribution in [3.8, 4) is 6.07 Å². The number of anilines is 2. The second-order valence-corrected chi connectivity index (χ2v) is 6.70. The third kappa shape index (κ3) is 5.07. The van der Waals surface area contributed by atoms with Gasteiger partial charge in [-0.2, -0.15) is 5.26 Å². The summed E-state index contributed by atoms with van der Waals surface area (Å²) in [6.07, 6.45) is 5.56. The number of carbonyl (C=O) groups excluding carboxylic acids is 2. The molecule has 1 aliphatic heterocycles. The Morgan fingerprint density at radius 2 is 1.82 bits per heavy atom. The van der Waals surface area contributed by atoms with Crippen LogP contribution in [0.15, 0.2) is 42.6 Å². The molecule has 7 heteroatoms. The van der Waals surface area contributed by atoms with Gasteiger partial charge in [-0.3, -0.25) is 9.59 Å². The van der Waals surface area contributed by atoms with Crippen LogP contribution in [0, 0.1) is 11.3 Å². The molecular weight excluding hydrogens is 354 g/mol. The van der Waals surface area contributed by atoms with Crippen LogP contribution in [0.5, 0.6) is 0 Å². The third-order valence-corrected chi connectivity index (χ3v) is 4.66. The summed E-state index contributed by atoms with van der Waals surface area (Å²) in [7, 11) is 0. The van der Waals surface area contributed by atoms with Gasteiger partial charge >= 0.3 is 11.8 Å². The summed E-state index contributed by atoms with van der Waals surface area (Å²) in [4.78, 5) is 31.0. The second-order valence-electron chi connectivity index (χ2n) is 6.70. The summed E-state index contributed by atoms with van der Waals surface area (Å²) in [5.41, 5.74) is 2.26. The van der Waals surface area contributed by atoms with Crippen molar-refractivity contribution in [3.05, 3.63) is 53.7 Å². The molecule has 0 atom stereocenters. The van der Waals surface area contributed by atoms with Gasteiger partial charge in [0.2, 0.25) is 0 Å². The first kappa shape index (κ1) is 19.4. The van der Waals surface area contributed by atoms with Crippen molar-refractivity contribution in [2.75, 3.05) is 23.3 Å². The Morgan fingerprint density at radius 3 is 2.54 bits per heavy atom. The molecular formula is C21H23N5O2. The van der Waals surface area contributed by atoms with E-state index in [-0.39, 0.29) is 6.54 Å². The molecule has 0 aliphatic carbocycles. The summed E-state index contributed by atoms with van der Waals surface area (Å²) in [6, 6.07) is 12.7. The molecule has 2 N–H and O–H groups in total. The molecule has 3 rings (SSSR count). The van der Waals surface area contributed by atoms with Crippen molar-refractivity contribution in [1.82, 2.24) is 10.3 Å². The highest BCUT2D eigenvalue weighted by atomic mass is 16.2. The first-order chi connectivity index (χ1) is 13.7. The van der Waals surface area contributed by atoms with Crippen molar-refractivity contribution in [2.24, 2.45) is 0 Å². The number of hydrogen-bond donors (Lipinski definition) is 2. The Hall–Kier alpha value is -3.40. The minimum Gasteiger partial charge on any atom is -0.356 e. The van der Waals surface area contributed by atoms with Crippen LogP contribution < -0.4 is 15.5 Å². The molecule has 28 heavy (non-hydrogen) atoms. The number of nitrogens with zero attached hydrogens (tertiary/aromatic N) is 3. The first-order valence-electron chi connectivity index (χ1n) is 9.41. The lowest BCUT2D eigenvalue weighted by Crippen LogP contribution is -2.36. The van der Waals surface area contributed by atoms with Gasteiger partial charge in [0, 0.05) is 37.1 Å². The lowest BCUT2D eigenvalue weighted by molar-refractivity contribution is -0.136. The first-order valence-corrected chi connectivity index (χ1v) is 9.41.